The van der Waals surface area contributed by atoms with Gasteiger partial charge in [-0.25, -0.2) is 0 Å². The van der Waals surface area contributed by atoms with E-state index in [9.17, 15) is 0 Å². The zero-order valence-corrected chi connectivity index (χ0v) is 7.23. The van der Waals surface area contributed by atoms with Crippen molar-refractivity contribution in [3.63, 3.8) is 0 Å². The first-order valence-corrected chi connectivity index (χ1v) is 4.27. The summed E-state index contributed by atoms with van der Waals surface area (Å²) in [7, 11) is 0. The third kappa shape index (κ3) is 1.30. The Labute approximate surface area is 77.0 Å². The van der Waals surface area contributed by atoms with Gasteiger partial charge in [-0.3, -0.25) is 4.98 Å². The molecule has 3 nitrogen and oxygen atoms in total. The van der Waals surface area contributed by atoms with Gasteiger partial charge in [0.25, 0.3) is 0 Å². The summed E-state index contributed by atoms with van der Waals surface area (Å²) in [5.41, 5.74) is 0.589. The lowest BCUT2D eigenvalue weighted by Gasteiger charge is -2.17. The largest absolute Gasteiger partial charge is 0.379 e. The van der Waals surface area contributed by atoms with Crippen LogP contribution in [-0.2, 0) is 10.2 Å². The summed E-state index contributed by atoms with van der Waals surface area (Å²) < 4.78 is 5.26. The lowest BCUT2D eigenvalue weighted by Crippen LogP contribution is -2.23. The summed E-state index contributed by atoms with van der Waals surface area (Å²) in [4.78, 5) is 3.93. The molecule has 0 N–H and O–H groups in total. The average molecular weight is 174 g/mol. The van der Waals surface area contributed by atoms with Crippen LogP contribution in [0.5, 0.6) is 0 Å². The second kappa shape index (κ2) is 3.15. The van der Waals surface area contributed by atoms with Crippen LogP contribution >= 0.6 is 0 Å². The molecule has 2 heterocycles. The zero-order valence-electron chi connectivity index (χ0n) is 7.23. The van der Waals surface area contributed by atoms with Crippen molar-refractivity contribution in [1.29, 1.82) is 5.26 Å². The van der Waals surface area contributed by atoms with Gasteiger partial charge in [0.05, 0.1) is 12.7 Å². The predicted molar refractivity (Wildman–Crippen MR) is 47.0 cm³/mol. The van der Waals surface area contributed by atoms with Crippen LogP contribution < -0.4 is 0 Å². The van der Waals surface area contributed by atoms with Gasteiger partial charge >= 0.3 is 0 Å². The molecule has 0 aromatic carbocycles. The Bertz CT molecular complexity index is 323. The Balaban J connectivity index is 2.38. The first-order valence-electron chi connectivity index (χ1n) is 4.27. The Morgan fingerprint density at radius 1 is 1.46 bits per heavy atom. The highest BCUT2D eigenvalue weighted by molar-refractivity contribution is 5.31. The smallest absolute Gasteiger partial charge is 0.108 e. The summed E-state index contributed by atoms with van der Waals surface area (Å²) >= 11 is 0. The number of hydrogen-bond donors (Lipinski definition) is 0. The summed E-state index contributed by atoms with van der Waals surface area (Å²) in [5.74, 6) is 0. The van der Waals surface area contributed by atoms with Crippen molar-refractivity contribution < 1.29 is 4.74 Å². The minimum Gasteiger partial charge on any atom is -0.379 e. The van der Waals surface area contributed by atoms with Gasteiger partial charge in [0.15, 0.2) is 0 Å². The van der Waals surface area contributed by atoms with Crippen molar-refractivity contribution in [1.82, 2.24) is 4.98 Å². The first-order chi connectivity index (χ1) is 6.37. The fourth-order valence-electron chi connectivity index (χ4n) is 1.62. The summed E-state index contributed by atoms with van der Waals surface area (Å²) in [6.45, 7) is 1.18. The number of pyridine rings is 1. The van der Waals surface area contributed by atoms with E-state index in [0.717, 1.165) is 12.0 Å². The molecule has 1 aromatic rings. The molecule has 0 bridgehead atoms. The lowest BCUT2D eigenvalue weighted by molar-refractivity contribution is 0.186. The van der Waals surface area contributed by atoms with Crippen molar-refractivity contribution in [2.45, 2.75) is 11.8 Å². The van der Waals surface area contributed by atoms with Gasteiger partial charge in [0.2, 0.25) is 0 Å². The Kier molecular flexibility index (Phi) is 1.99. The molecule has 0 amide bonds. The fraction of sp³-hybridized carbons (Fsp3) is 0.400. The van der Waals surface area contributed by atoms with Crippen molar-refractivity contribution in [2.75, 3.05) is 13.2 Å². The van der Waals surface area contributed by atoms with Crippen LogP contribution in [-0.4, -0.2) is 18.2 Å². The zero-order chi connectivity index (χ0) is 9.15. The number of aromatic nitrogens is 1. The summed E-state index contributed by atoms with van der Waals surface area (Å²) in [5, 5.41) is 9.12. The van der Waals surface area contributed by atoms with Crippen LogP contribution in [0.1, 0.15) is 12.0 Å². The molecule has 1 aromatic heterocycles. The van der Waals surface area contributed by atoms with Crippen molar-refractivity contribution >= 4 is 0 Å². The normalized spacial score (nSPS) is 27.0. The van der Waals surface area contributed by atoms with Crippen LogP contribution in [0.15, 0.2) is 24.5 Å². The SMILES string of the molecule is N#CC1(c2ccncc2)CCOC1. The van der Waals surface area contributed by atoms with E-state index in [1.807, 2.05) is 12.1 Å². The Hall–Kier alpha value is -1.40. The summed E-state index contributed by atoms with van der Waals surface area (Å²) in [6, 6.07) is 6.11. The average Bonchev–Trinajstić information content (AvgIpc) is 2.69. The second-order valence-electron chi connectivity index (χ2n) is 3.23. The molecule has 0 spiro atoms. The van der Waals surface area contributed by atoms with E-state index in [2.05, 4.69) is 11.1 Å². The van der Waals surface area contributed by atoms with E-state index >= 15 is 0 Å². The number of nitrogens with zero attached hydrogens (tertiary/aromatic N) is 2. The van der Waals surface area contributed by atoms with Gasteiger partial charge in [0.1, 0.15) is 5.41 Å². The molecule has 66 valence electrons. The van der Waals surface area contributed by atoms with Gasteiger partial charge < -0.3 is 4.74 Å². The van der Waals surface area contributed by atoms with Crippen molar-refractivity contribution in [2.24, 2.45) is 0 Å². The molecule has 13 heavy (non-hydrogen) atoms. The molecule has 1 aliphatic rings. The van der Waals surface area contributed by atoms with Crippen LogP contribution in [0.2, 0.25) is 0 Å². The maximum atomic E-state index is 9.12. The Morgan fingerprint density at radius 3 is 2.77 bits per heavy atom. The number of nitriles is 1. The van der Waals surface area contributed by atoms with Crippen molar-refractivity contribution in [3.05, 3.63) is 30.1 Å². The van der Waals surface area contributed by atoms with Gasteiger partial charge in [-0.1, -0.05) is 0 Å². The topological polar surface area (TPSA) is 45.9 Å². The van der Waals surface area contributed by atoms with Crippen LogP contribution in [0, 0.1) is 11.3 Å². The molecule has 1 unspecified atom stereocenters. The van der Waals surface area contributed by atoms with E-state index in [1.165, 1.54) is 0 Å². The summed E-state index contributed by atoms with van der Waals surface area (Å²) in [6.07, 6.45) is 4.22. The molecule has 1 atom stereocenters. The molecule has 0 saturated carbocycles. The molecular weight excluding hydrogens is 164 g/mol. The standard InChI is InChI=1S/C10H10N2O/c11-7-10(3-6-13-8-10)9-1-4-12-5-2-9/h1-2,4-5H,3,6,8H2. The molecular formula is C10H10N2O. The number of ether oxygens (including phenoxy) is 1. The van der Waals surface area contributed by atoms with Crippen LogP contribution in [0.25, 0.3) is 0 Å². The van der Waals surface area contributed by atoms with Gasteiger partial charge in [-0.15, -0.1) is 0 Å². The monoisotopic (exact) mass is 174 g/mol. The number of hydrogen-bond acceptors (Lipinski definition) is 3. The Morgan fingerprint density at radius 2 is 2.23 bits per heavy atom. The maximum absolute atomic E-state index is 9.12. The minimum absolute atomic E-state index is 0.428. The highest BCUT2D eigenvalue weighted by atomic mass is 16.5. The molecule has 2 rings (SSSR count). The molecule has 0 aliphatic carbocycles. The van der Waals surface area contributed by atoms with Gasteiger partial charge in [0, 0.05) is 19.0 Å². The fourth-order valence-corrected chi connectivity index (χ4v) is 1.62. The predicted octanol–water partition coefficient (Wildman–Crippen LogP) is 1.26. The maximum Gasteiger partial charge on any atom is 0.108 e. The third-order valence-electron chi connectivity index (χ3n) is 2.47. The van der Waals surface area contributed by atoms with Crippen LogP contribution in [0.4, 0.5) is 0 Å². The molecule has 3 heteroatoms. The minimum atomic E-state index is -0.428. The highest BCUT2D eigenvalue weighted by Crippen LogP contribution is 2.31. The molecule has 1 fully saturated rings. The van der Waals surface area contributed by atoms with Gasteiger partial charge in [-0.05, 0) is 24.1 Å². The van der Waals surface area contributed by atoms with E-state index in [-0.39, 0.29) is 0 Å². The number of rotatable bonds is 1. The van der Waals surface area contributed by atoms with Gasteiger partial charge in [-0.2, -0.15) is 5.26 Å². The first kappa shape index (κ1) is 8.21. The molecule has 0 radical (unpaired) electrons. The quantitative estimate of drug-likeness (QED) is 0.644. The second-order valence-corrected chi connectivity index (χ2v) is 3.23. The highest BCUT2D eigenvalue weighted by Gasteiger charge is 2.36. The van der Waals surface area contributed by atoms with E-state index < -0.39 is 5.41 Å². The lowest BCUT2D eigenvalue weighted by atomic mass is 9.82. The van der Waals surface area contributed by atoms with E-state index in [0.29, 0.717) is 13.2 Å². The molecule has 1 aliphatic heterocycles. The van der Waals surface area contributed by atoms with Crippen LogP contribution in [0.3, 0.4) is 0 Å². The third-order valence-corrected chi connectivity index (χ3v) is 2.47. The van der Waals surface area contributed by atoms with E-state index in [4.69, 9.17) is 10.00 Å². The van der Waals surface area contributed by atoms with E-state index in [1.54, 1.807) is 12.4 Å². The van der Waals surface area contributed by atoms with Crippen molar-refractivity contribution in [3.8, 4) is 6.07 Å². The molecule has 1 saturated heterocycles.